The molecule has 0 saturated heterocycles. The van der Waals surface area contributed by atoms with Crippen LogP contribution in [0.1, 0.15) is 35.7 Å². The minimum atomic E-state index is -0.0240. The summed E-state index contributed by atoms with van der Waals surface area (Å²) < 4.78 is 5.23. The Labute approximate surface area is 124 Å². The van der Waals surface area contributed by atoms with Gasteiger partial charge in [0.05, 0.1) is 12.7 Å². The van der Waals surface area contributed by atoms with Crippen LogP contribution in [0.2, 0.25) is 0 Å². The molecule has 0 heterocycles. The number of allylic oxidation sites excluding steroid dienone is 5. The zero-order valence-corrected chi connectivity index (χ0v) is 12.3. The van der Waals surface area contributed by atoms with Gasteiger partial charge in [-0.2, -0.15) is 0 Å². The van der Waals surface area contributed by atoms with Crippen molar-refractivity contribution in [3.05, 3.63) is 59.2 Å². The van der Waals surface area contributed by atoms with Gasteiger partial charge in [0.25, 0.3) is 0 Å². The summed E-state index contributed by atoms with van der Waals surface area (Å²) in [7, 11) is 1.55. The Morgan fingerprint density at radius 3 is 2.81 bits per heavy atom. The van der Waals surface area contributed by atoms with Gasteiger partial charge in [-0.3, -0.25) is 9.59 Å². The molecule has 108 valence electrons. The van der Waals surface area contributed by atoms with E-state index >= 15 is 0 Å². The van der Waals surface area contributed by atoms with Crippen LogP contribution in [0, 0.1) is 0 Å². The summed E-state index contributed by atoms with van der Waals surface area (Å²) >= 11 is 0. The van der Waals surface area contributed by atoms with Crippen molar-refractivity contribution in [1.29, 1.82) is 0 Å². The molecule has 0 aromatic heterocycles. The summed E-state index contributed by atoms with van der Waals surface area (Å²) in [6.07, 6.45) is 10.8. The van der Waals surface area contributed by atoms with Crippen LogP contribution in [0.15, 0.2) is 48.1 Å². The molecule has 0 spiro atoms. The van der Waals surface area contributed by atoms with E-state index in [4.69, 9.17) is 4.74 Å². The summed E-state index contributed by atoms with van der Waals surface area (Å²) in [5, 5.41) is 0. The minimum Gasteiger partial charge on any atom is -0.496 e. The molecular weight excluding hydrogens is 264 g/mol. The van der Waals surface area contributed by atoms with Gasteiger partial charge >= 0.3 is 0 Å². The number of rotatable bonds is 4. The summed E-state index contributed by atoms with van der Waals surface area (Å²) in [5.74, 6) is 0.619. The SMILES string of the molecule is COc1cc(/C=C/C=C2\CCC=CC2=O)ccc1C(C)=O. The normalized spacial score (nSPS) is 16.7. The van der Waals surface area contributed by atoms with Gasteiger partial charge in [-0.15, -0.1) is 0 Å². The van der Waals surface area contributed by atoms with Gasteiger partial charge in [-0.1, -0.05) is 30.4 Å². The highest BCUT2D eigenvalue weighted by Crippen LogP contribution is 2.22. The Hall–Kier alpha value is -2.42. The van der Waals surface area contributed by atoms with Crippen molar-refractivity contribution in [1.82, 2.24) is 0 Å². The van der Waals surface area contributed by atoms with Gasteiger partial charge in [0.15, 0.2) is 11.6 Å². The molecule has 21 heavy (non-hydrogen) atoms. The zero-order valence-electron chi connectivity index (χ0n) is 12.3. The number of carbonyl (C=O) groups excluding carboxylic acids is 2. The van der Waals surface area contributed by atoms with E-state index in [-0.39, 0.29) is 11.6 Å². The van der Waals surface area contributed by atoms with Crippen LogP contribution < -0.4 is 4.74 Å². The molecule has 1 aliphatic rings. The van der Waals surface area contributed by atoms with E-state index in [0.29, 0.717) is 11.3 Å². The second kappa shape index (κ2) is 6.84. The second-order valence-corrected chi connectivity index (χ2v) is 4.87. The summed E-state index contributed by atoms with van der Waals surface area (Å²) in [5.41, 5.74) is 2.31. The number of ether oxygens (including phenoxy) is 1. The smallest absolute Gasteiger partial charge is 0.181 e. The maximum Gasteiger partial charge on any atom is 0.181 e. The Morgan fingerprint density at radius 2 is 2.14 bits per heavy atom. The highest BCUT2D eigenvalue weighted by Gasteiger charge is 2.09. The first-order valence-electron chi connectivity index (χ1n) is 6.89. The summed E-state index contributed by atoms with van der Waals surface area (Å²) in [4.78, 5) is 23.1. The van der Waals surface area contributed by atoms with Crippen molar-refractivity contribution in [2.75, 3.05) is 7.11 Å². The van der Waals surface area contributed by atoms with Gasteiger partial charge in [0.1, 0.15) is 5.75 Å². The van der Waals surface area contributed by atoms with E-state index in [0.717, 1.165) is 24.0 Å². The maximum atomic E-state index is 11.6. The molecule has 0 atom stereocenters. The number of benzene rings is 1. The Kier molecular flexibility index (Phi) is 4.88. The molecule has 0 N–H and O–H groups in total. The molecular formula is C18H18O3. The first-order valence-corrected chi connectivity index (χ1v) is 6.89. The van der Waals surface area contributed by atoms with Crippen molar-refractivity contribution in [3.63, 3.8) is 0 Å². The topological polar surface area (TPSA) is 43.4 Å². The molecule has 1 aliphatic carbocycles. The number of ketones is 2. The van der Waals surface area contributed by atoms with Crippen molar-refractivity contribution < 1.29 is 14.3 Å². The lowest BCUT2D eigenvalue weighted by Crippen LogP contribution is -2.02. The van der Waals surface area contributed by atoms with E-state index in [9.17, 15) is 9.59 Å². The average molecular weight is 282 g/mol. The van der Waals surface area contributed by atoms with E-state index < -0.39 is 0 Å². The van der Waals surface area contributed by atoms with Crippen molar-refractivity contribution >= 4 is 17.6 Å². The van der Waals surface area contributed by atoms with Crippen molar-refractivity contribution in [2.24, 2.45) is 0 Å². The Morgan fingerprint density at radius 1 is 1.33 bits per heavy atom. The van der Waals surface area contributed by atoms with Gasteiger partial charge in [0.2, 0.25) is 0 Å². The molecule has 0 saturated carbocycles. The van der Waals surface area contributed by atoms with E-state index in [1.54, 1.807) is 19.3 Å². The highest BCUT2D eigenvalue weighted by molar-refractivity contribution is 6.05. The number of carbonyl (C=O) groups is 2. The number of hydrogen-bond acceptors (Lipinski definition) is 3. The number of methoxy groups -OCH3 is 1. The fourth-order valence-electron chi connectivity index (χ4n) is 2.20. The second-order valence-electron chi connectivity index (χ2n) is 4.87. The summed E-state index contributed by atoms with van der Waals surface area (Å²) in [6.45, 7) is 1.51. The largest absolute Gasteiger partial charge is 0.496 e. The highest BCUT2D eigenvalue weighted by atomic mass is 16.5. The molecule has 1 aromatic rings. The number of Topliss-reactive ketones (excluding diaryl/α,β-unsaturated/α-hetero) is 1. The van der Waals surface area contributed by atoms with Crippen LogP contribution in [-0.4, -0.2) is 18.7 Å². The monoisotopic (exact) mass is 282 g/mol. The first-order chi connectivity index (χ1) is 10.1. The molecule has 0 amide bonds. The standard InChI is InChI=1S/C18H18O3/c1-13(19)16-11-10-14(12-18(16)21-2)6-5-8-15-7-3-4-9-17(15)20/h4-6,8-12H,3,7H2,1-2H3/b6-5+,15-8+. The van der Waals surface area contributed by atoms with Crippen LogP contribution in [0.4, 0.5) is 0 Å². The third-order valence-electron chi connectivity index (χ3n) is 3.36. The third kappa shape index (κ3) is 3.78. The van der Waals surface area contributed by atoms with Crippen LogP contribution in [0.25, 0.3) is 6.08 Å². The lowest BCUT2D eigenvalue weighted by Gasteiger charge is -2.07. The molecule has 3 nitrogen and oxygen atoms in total. The lowest BCUT2D eigenvalue weighted by molar-refractivity contribution is -0.111. The molecule has 0 aliphatic heterocycles. The fourth-order valence-corrected chi connectivity index (χ4v) is 2.20. The molecule has 1 aromatic carbocycles. The molecule has 0 bridgehead atoms. The molecule has 2 rings (SSSR count). The predicted octanol–water partition coefficient (Wildman–Crippen LogP) is 3.76. The molecule has 0 unspecified atom stereocenters. The van der Waals surface area contributed by atoms with Crippen LogP contribution in [0.5, 0.6) is 5.75 Å². The summed E-state index contributed by atoms with van der Waals surface area (Å²) in [6, 6.07) is 5.42. The van der Waals surface area contributed by atoms with E-state index in [1.807, 2.05) is 36.4 Å². The van der Waals surface area contributed by atoms with E-state index in [2.05, 4.69) is 0 Å². The van der Waals surface area contributed by atoms with E-state index in [1.165, 1.54) is 6.92 Å². The molecule has 3 heteroatoms. The maximum absolute atomic E-state index is 11.6. The van der Waals surface area contributed by atoms with Gasteiger partial charge in [-0.05, 0) is 49.1 Å². The van der Waals surface area contributed by atoms with Crippen LogP contribution >= 0.6 is 0 Å². The first kappa shape index (κ1) is 15.0. The van der Waals surface area contributed by atoms with Crippen LogP contribution in [0.3, 0.4) is 0 Å². The predicted molar refractivity (Wildman–Crippen MR) is 83.5 cm³/mol. The van der Waals surface area contributed by atoms with Crippen LogP contribution in [-0.2, 0) is 4.79 Å². The quantitative estimate of drug-likeness (QED) is 0.624. The average Bonchev–Trinajstić information content (AvgIpc) is 2.48. The van der Waals surface area contributed by atoms with Crippen molar-refractivity contribution in [2.45, 2.75) is 19.8 Å². The van der Waals surface area contributed by atoms with Crippen molar-refractivity contribution in [3.8, 4) is 5.75 Å². The van der Waals surface area contributed by atoms with Gasteiger partial charge in [0, 0.05) is 0 Å². The molecule has 0 fully saturated rings. The fraction of sp³-hybridized carbons (Fsp3) is 0.222. The Bertz CT molecular complexity index is 648. The van der Waals surface area contributed by atoms with Gasteiger partial charge < -0.3 is 4.74 Å². The Balaban J connectivity index is 2.18. The zero-order chi connectivity index (χ0) is 15.2. The lowest BCUT2D eigenvalue weighted by atomic mass is 9.99. The third-order valence-corrected chi connectivity index (χ3v) is 3.36. The van der Waals surface area contributed by atoms with Gasteiger partial charge in [-0.25, -0.2) is 0 Å². The number of hydrogen-bond donors (Lipinski definition) is 0. The molecule has 0 radical (unpaired) electrons. The minimum absolute atomic E-state index is 0.0240.